The van der Waals surface area contributed by atoms with Crippen molar-refractivity contribution in [3.05, 3.63) is 43.2 Å². The highest BCUT2D eigenvalue weighted by Gasteiger charge is 2.21. The van der Waals surface area contributed by atoms with Gasteiger partial charge in [0.1, 0.15) is 5.01 Å². The number of amides is 1. The largest absolute Gasteiger partial charge is 0.330 e. The molecule has 0 saturated heterocycles. The maximum Gasteiger partial charge on any atom is 0.330 e. The molecule has 0 fully saturated rings. The van der Waals surface area contributed by atoms with E-state index in [1.165, 1.54) is 15.9 Å². The standard InChI is InChI=1S/C18H22N6O3S/c1-8(2)7-24-14-13(16(26)21-18(24)27)11(6-12(19-14)9(3)4)15(25)20-17-23-22-10(5)28-17/h6,8-9H,7H2,1-5H3,(H,20,23,25)(H,21,26,27). The minimum atomic E-state index is -0.638. The lowest BCUT2D eigenvalue weighted by molar-refractivity contribution is 0.102. The molecular weight excluding hydrogens is 380 g/mol. The molecule has 0 saturated carbocycles. The van der Waals surface area contributed by atoms with E-state index in [1.54, 1.807) is 13.0 Å². The number of anilines is 1. The van der Waals surface area contributed by atoms with Gasteiger partial charge >= 0.3 is 5.69 Å². The number of pyridine rings is 1. The second kappa shape index (κ2) is 7.63. The first-order valence-electron chi connectivity index (χ1n) is 8.96. The van der Waals surface area contributed by atoms with Crippen molar-refractivity contribution in [1.29, 1.82) is 0 Å². The van der Waals surface area contributed by atoms with Gasteiger partial charge in [-0.1, -0.05) is 39.0 Å². The Kier molecular flexibility index (Phi) is 5.41. The number of rotatable bonds is 5. The number of carbonyl (C=O) groups is 1. The number of fused-ring (bicyclic) bond motifs is 1. The molecular formula is C18H22N6O3S. The monoisotopic (exact) mass is 402 g/mol. The van der Waals surface area contributed by atoms with Crippen molar-refractivity contribution in [2.75, 3.05) is 5.32 Å². The summed E-state index contributed by atoms with van der Waals surface area (Å²) in [6.45, 7) is 9.94. The number of nitrogens with zero attached hydrogens (tertiary/aromatic N) is 4. The van der Waals surface area contributed by atoms with Crippen LogP contribution in [-0.2, 0) is 6.54 Å². The van der Waals surface area contributed by atoms with E-state index in [-0.39, 0.29) is 28.4 Å². The highest BCUT2D eigenvalue weighted by Crippen LogP contribution is 2.22. The zero-order chi connectivity index (χ0) is 20.6. The van der Waals surface area contributed by atoms with E-state index in [4.69, 9.17) is 0 Å². The first-order chi connectivity index (χ1) is 13.2. The Morgan fingerprint density at radius 2 is 1.96 bits per heavy atom. The molecule has 3 rings (SSSR count). The lowest BCUT2D eigenvalue weighted by atomic mass is 10.0. The van der Waals surface area contributed by atoms with Crippen molar-refractivity contribution < 1.29 is 4.79 Å². The van der Waals surface area contributed by atoms with Crippen molar-refractivity contribution in [2.45, 2.75) is 47.1 Å². The topological polar surface area (TPSA) is 123 Å². The van der Waals surface area contributed by atoms with Crippen LogP contribution in [0.15, 0.2) is 15.7 Å². The third-order valence-electron chi connectivity index (χ3n) is 4.10. The molecule has 1 amide bonds. The normalized spacial score (nSPS) is 11.5. The van der Waals surface area contributed by atoms with Crippen LogP contribution in [0.25, 0.3) is 11.0 Å². The quantitative estimate of drug-likeness (QED) is 0.675. The molecule has 9 nitrogen and oxygen atoms in total. The second-order valence-electron chi connectivity index (χ2n) is 7.29. The molecule has 3 heterocycles. The van der Waals surface area contributed by atoms with Crippen LogP contribution in [0.5, 0.6) is 0 Å². The highest BCUT2D eigenvalue weighted by atomic mass is 32.1. The number of aromatic nitrogens is 5. The average molecular weight is 402 g/mol. The van der Waals surface area contributed by atoms with Gasteiger partial charge in [0.25, 0.3) is 11.5 Å². The van der Waals surface area contributed by atoms with Gasteiger partial charge in [-0.3, -0.25) is 24.5 Å². The van der Waals surface area contributed by atoms with Crippen molar-refractivity contribution in [1.82, 2.24) is 24.7 Å². The summed E-state index contributed by atoms with van der Waals surface area (Å²) in [5, 5.41) is 11.6. The van der Waals surface area contributed by atoms with Crippen molar-refractivity contribution in [3.63, 3.8) is 0 Å². The number of aryl methyl sites for hydroxylation is 1. The summed E-state index contributed by atoms with van der Waals surface area (Å²) in [6.07, 6.45) is 0. The van der Waals surface area contributed by atoms with Crippen LogP contribution in [-0.4, -0.2) is 30.6 Å². The maximum absolute atomic E-state index is 12.9. The summed E-state index contributed by atoms with van der Waals surface area (Å²) in [5.74, 6) is -0.342. The Hall–Kier alpha value is -2.88. The van der Waals surface area contributed by atoms with Gasteiger partial charge in [0.05, 0.1) is 10.9 Å². The van der Waals surface area contributed by atoms with Crippen LogP contribution in [0.3, 0.4) is 0 Å². The van der Waals surface area contributed by atoms with Crippen LogP contribution < -0.4 is 16.6 Å². The van der Waals surface area contributed by atoms with E-state index in [9.17, 15) is 14.4 Å². The molecule has 0 aliphatic heterocycles. The second-order valence-corrected chi connectivity index (χ2v) is 8.47. The Bertz CT molecular complexity index is 1160. The van der Waals surface area contributed by atoms with Crippen LogP contribution in [0.1, 0.15) is 54.7 Å². The zero-order valence-electron chi connectivity index (χ0n) is 16.4. The number of H-pyrrole nitrogens is 1. The molecule has 28 heavy (non-hydrogen) atoms. The average Bonchev–Trinajstić information content (AvgIpc) is 3.01. The third-order valence-corrected chi connectivity index (χ3v) is 4.85. The predicted octanol–water partition coefficient (Wildman–Crippen LogP) is 2.28. The molecule has 0 aliphatic carbocycles. The maximum atomic E-state index is 12.9. The van der Waals surface area contributed by atoms with Gasteiger partial charge in [0.15, 0.2) is 5.65 Å². The molecule has 0 unspecified atom stereocenters. The summed E-state index contributed by atoms with van der Waals surface area (Å²) in [4.78, 5) is 44.8. The Morgan fingerprint density at radius 1 is 1.25 bits per heavy atom. The minimum Gasteiger partial charge on any atom is -0.296 e. The molecule has 3 aromatic rings. The molecule has 10 heteroatoms. The van der Waals surface area contributed by atoms with E-state index >= 15 is 0 Å². The summed E-state index contributed by atoms with van der Waals surface area (Å²) < 4.78 is 1.42. The van der Waals surface area contributed by atoms with Crippen LogP contribution in [0.2, 0.25) is 0 Å². The van der Waals surface area contributed by atoms with Gasteiger partial charge in [0, 0.05) is 12.2 Å². The smallest absolute Gasteiger partial charge is 0.296 e. The van der Waals surface area contributed by atoms with Crippen LogP contribution in [0, 0.1) is 12.8 Å². The molecule has 148 valence electrons. The van der Waals surface area contributed by atoms with Crippen LogP contribution in [0.4, 0.5) is 5.13 Å². The zero-order valence-corrected chi connectivity index (χ0v) is 17.2. The summed E-state index contributed by atoms with van der Waals surface area (Å²) in [7, 11) is 0. The fourth-order valence-corrected chi connectivity index (χ4v) is 3.40. The number of carbonyl (C=O) groups excluding carboxylic acids is 1. The predicted molar refractivity (Wildman–Crippen MR) is 108 cm³/mol. The lowest BCUT2D eigenvalue weighted by Gasteiger charge is -2.15. The molecule has 3 aromatic heterocycles. The molecule has 0 aliphatic rings. The molecule has 0 spiro atoms. The number of nitrogens with one attached hydrogen (secondary N) is 2. The number of aromatic amines is 1. The molecule has 0 aromatic carbocycles. The van der Waals surface area contributed by atoms with Gasteiger partial charge in [0.2, 0.25) is 5.13 Å². The summed E-state index contributed by atoms with van der Waals surface area (Å²) in [5.41, 5.74) is -0.187. The van der Waals surface area contributed by atoms with Crippen molar-refractivity contribution in [3.8, 4) is 0 Å². The molecule has 0 radical (unpaired) electrons. The van der Waals surface area contributed by atoms with Gasteiger partial charge in [-0.25, -0.2) is 9.78 Å². The SMILES string of the molecule is Cc1nnc(NC(=O)c2cc(C(C)C)nc3c2c(=O)[nH]c(=O)n3CC(C)C)s1. The lowest BCUT2D eigenvalue weighted by Crippen LogP contribution is -2.33. The van der Waals surface area contributed by atoms with Crippen molar-refractivity contribution >= 4 is 33.4 Å². The van der Waals surface area contributed by atoms with E-state index in [0.29, 0.717) is 22.4 Å². The molecule has 0 atom stereocenters. The number of hydrogen-bond acceptors (Lipinski definition) is 7. The fourth-order valence-electron chi connectivity index (χ4n) is 2.81. The Morgan fingerprint density at radius 3 is 2.54 bits per heavy atom. The number of hydrogen-bond donors (Lipinski definition) is 2. The third kappa shape index (κ3) is 3.86. The molecule has 2 N–H and O–H groups in total. The van der Waals surface area contributed by atoms with E-state index < -0.39 is 17.2 Å². The Labute approximate surface area is 164 Å². The Balaban J connectivity index is 2.27. The fraction of sp³-hybridized carbons (Fsp3) is 0.444. The molecule has 0 bridgehead atoms. The van der Waals surface area contributed by atoms with Gasteiger partial charge in [-0.2, -0.15) is 0 Å². The van der Waals surface area contributed by atoms with E-state index in [0.717, 1.165) is 0 Å². The summed E-state index contributed by atoms with van der Waals surface area (Å²) >= 11 is 1.23. The summed E-state index contributed by atoms with van der Waals surface area (Å²) in [6, 6.07) is 1.59. The van der Waals surface area contributed by atoms with Crippen molar-refractivity contribution in [2.24, 2.45) is 5.92 Å². The first kappa shape index (κ1) is 19.9. The highest BCUT2D eigenvalue weighted by molar-refractivity contribution is 7.15. The van der Waals surface area contributed by atoms with Gasteiger partial charge in [-0.05, 0) is 24.8 Å². The van der Waals surface area contributed by atoms with E-state index in [1.807, 2.05) is 27.7 Å². The first-order valence-corrected chi connectivity index (χ1v) is 9.78. The van der Waals surface area contributed by atoms with Crippen LogP contribution >= 0.6 is 11.3 Å². The van der Waals surface area contributed by atoms with E-state index in [2.05, 4.69) is 25.5 Å². The van der Waals surface area contributed by atoms with Gasteiger partial charge < -0.3 is 0 Å². The minimum absolute atomic E-state index is 0.00149. The van der Waals surface area contributed by atoms with Gasteiger partial charge in [-0.15, -0.1) is 10.2 Å².